The number of amides is 1. The van der Waals surface area contributed by atoms with Gasteiger partial charge in [0.1, 0.15) is 5.75 Å². The Balaban J connectivity index is 1.74. The first-order valence-electron chi connectivity index (χ1n) is 6.04. The number of benzene rings is 1. The fourth-order valence-electron chi connectivity index (χ4n) is 2.03. The van der Waals surface area contributed by atoms with Crippen LogP contribution in [-0.2, 0) is 6.42 Å². The summed E-state index contributed by atoms with van der Waals surface area (Å²) in [6, 6.07) is 5.15. The predicted octanol–water partition coefficient (Wildman–Crippen LogP) is 0.626. The van der Waals surface area contributed by atoms with Crippen molar-refractivity contribution in [2.24, 2.45) is 0 Å². The molecule has 2 N–H and O–H groups in total. The van der Waals surface area contributed by atoms with Crippen LogP contribution in [0.3, 0.4) is 0 Å². The minimum Gasteiger partial charge on any atom is -0.493 e. The normalized spacial score (nSPS) is 14.6. The highest BCUT2D eigenvalue weighted by atomic mass is 16.5. The number of aromatic amines is 1. The fraction of sp³-hybridized carbons (Fsp3) is 0.333. The largest absolute Gasteiger partial charge is 0.493 e. The average molecular weight is 259 g/mol. The van der Waals surface area contributed by atoms with Crippen LogP contribution in [0.4, 0.5) is 0 Å². The molecule has 0 aliphatic carbocycles. The molecule has 1 atom stereocenters. The maximum absolute atomic E-state index is 12.1. The van der Waals surface area contributed by atoms with E-state index < -0.39 is 0 Å². The van der Waals surface area contributed by atoms with Gasteiger partial charge in [0, 0.05) is 12.0 Å². The SMILES string of the molecule is CC(NC(=O)c1ccc2c(c1)CCO2)c1nn[nH]n1. The van der Waals surface area contributed by atoms with E-state index in [0.29, 0.717) is 18.0 Å². The molecular formula is C12H13N5O2. The molecule has 0 saturated carbocycles. The van der Waals surface area contributed by atoms with E-state index in [1.54, 1.807) is 13.0 Å². The molecule has 98 valence electrons. The van der Waals surface area contributed by atoms with E-state index >= 15 is 0 Å². The van der Waals surface area contributed by atoms with Gasteiger partial charge in [-0.2, -0.15) is 5.21 Å². The summed E-state index contributed by atoms with van der Waals surface area (Å²) in [6.45, 7) is 2.49. The number of ether oxygens (including phenoxy) is 1. The van der Waals surface area contributed by atoms with E-state index in [-0.39, 0.29) is 11.9 Å². The van der Waals surface area contributed by atoms with Crippen LogP contribution in [0, 0.1) is 0 Å². The van der Waals surface area contributed by atoms with Gasteiger partial charge in [0.25, 0.3) is 5.91 Å². The summed E-state index contributed by atoms with van der Waals surface area (Å²) in [5, 5.41) is 16.3. The summed E-state index contributed by atoms with van der Waals surface area (Å²) >= 11 is 0. The van der Waals surface area contributed by atoms with Crippen LogP contribution in [-0.4, -0.2) is 33.1 Å². The smallest absolute Gasteiger partial charge is 0.251 e. The van der Waals surface area contributed by atoms with Crippen LogP contribution in [0.25, 0.3) is 0 Å². The number of carbonyl (C=O) groups excluding carboxylic acids is 1. The molecule has 1 aromatic heterocycles. The molecule has 7 nitrogen and oxygen atoms in total. The summed E-state index contributed by atoms with van der Waals surface area (Å²) in [4.78, 5) is 12.1. The number of fused-ring (bicyclic) bond motifs is 1. The van der Waals surface area contributed by atoms with Gasteiger partial charge in [-0.25, -0.2) is 0 Å². The Kier molecular flexibility index (Phi) is 2.86. The average Bonchev–Trinajstić information content (AvgIpc) is 3.09. The third kappa shape index (κ3) is 2.26. The molecule has 1 aromatic carbocycles. The summed E-state index contributed by atoms with van der Waals surface area (Å²) in [5.74, 6) is 1.16. The van der Waals surface area contributed by atoms with E-state index in [1.165, 1.54) is 0 Å². The van der Waals surface area contributed by atoms with Crippen LogP contribution >= 0.6 is 0 Å². The zero-order valence-electron chi connectivity index (χ0n) is 10.4. The van der Waals surface area contributed by atoms with Crippen LogP contribution < -0.4 is 10.1 Å². The van der Waals surface area contributed by atoms with Gasteiger partial charge in [-0.15, -0.1) is 10.2 Å². The Morgan fingerprint density at radius 1 is 1.53 bits per heavy atom. The first kappa shape index (κ1) is 11.6. The Bertz CT molecular complexity index is 596. The molecule has 19 heavy (non-hydrogen) atoms. The van der Waals surface area contributed by atoms with Crippen LogP contribution in [0.5, 0.6) is 5.75 Å². The van der Waals surface area contributed by atoms with Gasteiger partial charge < -0.3 is 10.1 Å². The number of rotatable bonds is 3. The number of aromatic nitrogens is 4. The molecule has 2 heterocycles. The Morgan fingerprint density at radius 3 is 3.21 bits per heavy atom. The van der Waals surface area contributed by atoms with Gasteiger partial charge in [-0.3, -0.25) is 4.79 Å². The Labute approximate surface area is 109 Å². The summed E-state index contributed by atoms with van der Waals surface area (Å²) < 4.78 is 5.41. The molecular weight excluding hydrogens is 246 g/mol. The van der Waals surface area contributed by atoms with Gasteiger partial charge in [0.2, 0.25) is 0 Å². The van der Waals surface area contributed by atoms with E-state index in [2.05, 4.69) is 25.9 Å². The van der Waals surface area contributed by atoms with Gasteiger partial charge in [-0.05, 0) is 30.7 Å². The van der Waals surface area contributed by atoms with Crippen molar-refractivity contribution in [1.82, 2.24) is 25.9 Å². The maximum Gasteiger partial charge on any atom is 0.251 e. The van der Waals surface area contributed by atoms with Gasteiger partial charge in [0.15, 0.2) is 5.82 Å². The fourth-order valence-corrected chi connectivity index (χ4v) is 2.03. The maximum atomic E-state index is 12.1. The highest BCUT2D eigenvalue weighted by Gasteiger charge is 2.18. The van der Waals surface area contributed by atoms with Crippen LogP contribution in [0.15, 0.2) is 18.2 Å². The van der Waals surface area contributed by atoms with Gasteiger partial charge >= 0.3 is 0 Å². The molecule has 0 spiro atoms. The van der Waals surface area contributed by atoms with Crippen molar-refractivity contribution >= 4 is 5.91 Å². The first-order chi connectivity index (χ1) is 9.24. The highest BCUT2D eigenvalue weighted by molar-refractivity contribution is 5.94. The van der Waals surface area contributed by atoms with Crippen LogP contribution in [0.2, 0.25) is 0 Å². The van der Waals surface area contributed by atoms with Crippen molar-refractivity contribution in [1.29, 1.82) is 0 Å². The Morgan fingerprint density at radius 2 is 2.42 bits per heavy atom. The van der Waals surface area contributed by atoms with Crippen molar-refractivity contribution in [2.75, 3.05) is 6.61 Å². The number of hydrogen-bond donors (Lipinski definition) is 2. The summed E-state index contributed by atoms with van der Waals surface area (Å²) in [7, 11) is 0. The highest BCUT2D eigenvalue weighted by Crippen LogP contribution is 2.25. The van der Waals surface area contributed by atoms with Crippen molar-refractivity contribution in [3.8, 4) is 5.75 Å². The molecule has 0 bridgehead atoms. The predicted molar refractivity (Wildman–Crippen MR) is 65.7 cm³/mol. The lowest BCUT2D eigenvalue weighted by Gasteiger charge is -2.10. The molecule has 1 unspecified atom stereocenters. The third-order valence-corrected chi connectivity index (χ3v) is 3.05. The minimum absolute atomic E-state index is 0.160. The second-order valence-electron chi connectivity index (χ2n) is 4.39. The van der Waals surface area contributed by atoms with Crippen molar-refractivity contribution in [2.45, 2.75) is 19.4 Å². The Hall–Kier alpha value is -2.44. The van der Waals surface area contributed by atoms with Crippen molar-refractivity contribution in [3.05, 3.63) is 35.2 Å². The van der Waals surface area contributed by atoms with Gasteiger partial charge in [-0.1, -0.05) is 5.21 Å². The quantitative estimate of drug-likeness (QED) is 0.843. The zero-order chi connectivity index (χ0) is 13.2. The topological polar surface area (TPSA) is 92.8 Å². The number of H-pyrrole nitrogens is 1. The minimum atomic E-state index is -0.296. The number of hydrogen-bond acceptors (Lipinski definition) is 5. The summed E-state index contributed by atoms with van der Waals surface area (Å²) in [6.07, 6.45) is 0.844. The number of carbonyl (C=O) groups is 1. The summed E-state index contributed by atoms with van der Waals surface area (Å²) in [5.41, 5.74) is 1.68. The molecule has 3 rings (SSSR count). The second-order valence-corrected chi connectivity index (χ2v) is 4.39. The van der Waals surface area contributed by atoms with Crippen molar-refractivity contribution in [3.63, 3.8) is 0 Å². The molecule has 0 fully saturated rings. The van der Waals surface area contributed by atoms with E-state index in [0.717, 1.165) is 17.7 Å². The van der Waals surface area contributed by atoms with E-state index in [9.17, 15) is 4.79 Å². The standard InChI is InChI=1S/C12H13N5O2/c1-7(11-14-16-17-15-11)13-12(18)9-2-3-10-8(6-9)4-5-19-10/h2-3,6-7H,4-5H2,1H3,(H,13,18)(H,14,15,16,17). The molecule has 1 aliphatic rings. The number of tetrazole rings is 1. The molecule has 1 amide bonds. The molecule has 7 heteroatoms. The lowest BCUT2D eigenvalue weighted by Crippen LogP contribution is -2.27. The monoisotopic (exact) mass is 259 g/mol. The lowest BCUT2D eigenvalue weighted by atomic mass is 10.1. The first-order valence-corrected chi connectivity index (χ1v) is 6.04. The third-order valence-electron chi connectivity index (χ3n) is 3.05. The lowest BCUT2D eigenvalue weighted by molar-refractivity contribution is 0.0938. The van der Waals surface area contributed by atoms with Gasteiger partial charge in [0.05, 0.1) is 12.6 Å². The van der Waals surface area contributed by atoms with E-state index in [1.807, 2.05) is 12.1 Å². The van der Waals surface area contributed by atoms with Crippen molar-refractivity contribution < 1.29 is 9.53 Å². The number of nitrogens with zero attached hydrogens (tertiary/aromatic N) is 3. The van der Waals surface area contributed by atoms with E-state index in [4.69, 9.17) is 4.74 Å². The molecule has 1 aliphatic heterocycles. The second kappa shape index (κ2) is 4.68. The number of nitrogens with one attached hydrogen (secondary N) is 2. The zero-order valence-corrected chi connectivity index (χ0v) is 10.4. The molecule has 0 saturated heterocycles. The molecule has 0 radical (unpaired) electrons. The molecule has 2 aromatic rings. The van der Waals surface area contributed by atoms with Crippen LogP contribution in [0.1, 0.15) is 34.7 Å².